The first kappa shape index (κ1) is 16.3. The van der Waals surface area contributed by atoms with E-state index in [9.17, 15) is 14.3 Å². The van der Waals surface area contributed by atoms with Crippen molar-refractivity contribution in [3.63, 3.8) is 0 Å². The van der Waals surface area contributed by atoms with Crippen molar-refractivity contribution >= 4 is 13.3 Å². The minimum Gasteiger partial charge on any atom is -0.443 e. The fourth-order valence-corrected chi connectivity index (χ4v) is 5.21. The van der Waals surface area contributed by atoms with Crippen LogP contribution in [0.5, 0.6) is 0 Å². The monoisotopic (exact) mass is 310 g/mol. The lowest BCUT2D eigenvalue weighted by Gasteiger charge is -2.26. The molecule has 5 heteroatoms. The molecule has 0 saturated heterocycles. The van der Waals surface area contributed by atoms with Crippen LogP contribution in [0.2, 0.25) is 0 Å². The van der Waals surface area contributed by atoms with Gasteiger partial charge in [-0.25, -0.2) is 4.79 Å². The molecule has 1 aromatic carbocycles. The highest BCUT2D eigenvalue weighted by Crippen LogP contribution is 2.60. The van der Waals surface area contributed by atoms with Gasteiger partial charge in [-0.15, -0.1) is 0 Å². The van der Waals surface area contributed by atoms with Crippen molar-refractivity contribution in [2.75, 3.05) is 6.16 Å². The van der Waals surface area contributed by atoms with Crippen molar-refractivity contribution in [1.29, 1.82) is 0 Å². The second-order valence-electron chi connectivity index (χ2n) is 7.15. The second kappa shape index (κ2) is 5.58. The first-order valence-corrected chi connectivity index (χ1v) is 9.13. The highest BCUT2D eigenvalue weighted by molar-refractivity contribution is 7.58. The fourth-order valence-electron chi connectivity index (χ4n) is 3.08. The Morgan fingerprint density at radius 1 is 1.33 bits per heavy atom. The van der Waals surface area contributed by atoms with Gasteiger partial charge in [-0.1, -0.05) is 45.9 Å². The van der Waals surface area contributed by atoms with Gasteiger partial charge in [0.25, 0.3) is 0 Å². The Morgan fingerprint density at radius 3 is 2.57 bits per heavy atom. The number of hydrogen-bond donors (Lipinski definition) is 1. The summed E-state index contributed by atoms with van der Waals surface area (Å²) in [6.07, 6.45) is 1.01. The third-order valence-electron chi connectivity index (χ3n) is 3.57. The molecular weight excluding hydrogens is 287 g/mol. The van der Waals surface area contributed by atoms with Crippen LogP contribution in [-0.4, -0.2) is 17.0 Å². The van der Waals surface area contributed by atoms with Gasteiger partial charge in [0.1, 0.15) is 0 Å². The smallest absolute Gasteiger partial charge is 0.339 e. The summed E-state index contributed by atoms with van der Waals surface area (Å²) in [4.78, 5) is 22.2. The van der Waals surface area contributed by atoms with E-state index >= 15 is 0 Å². The average Bonchev–Trinajstić information content (AvgIpc) is 2.65. The third-order valence-corrected chi connectivity index (χ3v) is 5.83. The van der Waals surface area contributed by atoms with Crippen LogP contribution in [0.3, 0.4) is 0 Å². The lowest BCUT2D eigenvalue weighted by atomic mass is 9.86. The van der Waals surface area contributed by atoms with Crippen molar-refractivity contribution < 1.29 is 19.0 Å². The summed E-state index contributed by atoms with van der Waals surface area (Å²) in [6.45, 7) is 8.29. The molecule has 3 unspecified atom stereocenters. The largest absolute Gasteiger partial charge is 0.443 e. The Morgan fingerprint density at radius 2 is 1.95 bits per heavy atom. The van der Waals surface area contributed by atoms with Crippen LogP contribution >= 0.6 is 7.37 Å². The molecule has 0 saturated carbocycles. The summed E-state index contributed by atoms with van der Waals surface area (Å²) in [7, 11) is -3.60. The highest BCUT2D eigenvalue weighted by atomic mass is 31.2. The summed E-state index contributed by atoms with van der Waals surface area (Å²) in [5.41, 5.74) is 1.04. The lowest BCUT2D eigenvalue weighted by Crippen LogP contribution is -2.16. The molecule has 0 radical (unpaired) electrons. The zero-order valence-electron chi connectivity index (χ0n) is 13.0. The van der Waals surface area contributed by atoms with E-state index in [1.807, 2.05) is 6.92 Å². The van der Waals surface area contributed by atoms with E-state index < -0.39 is 19.2 Å². The molecule has 1 aromatic rings. The number of carbonyl (C=O) groups excluding carboxylic acids is 1. The maximum Gasteiger partial charge on any atom is 0.339 e. The van der Waals surface area contributed by atoms with Crippen molar-refractivity contribution in [3.8, 4) is 0 Å². The van der Waals surface area contributed by atoms with Gasteiger partial charge in [0.05, 0.1) is 5.56 Å². The SMILES string of the molecule is CC(CC(C)(C)C)CP(=O)(O)C1OC(=O)c2ccccc21. The summed E-state index contributed by atoms with van der Waals surface area (Å²) in [5.74, 6) is -1.43. The molecule has 0 spiro atoms. The first-order valence-electron chi connectivity index (χ1n) is 7.21. The Hall–Kier alpha value is -1.12. The number of hydrogen-bond acceptors (Lipinski definition) is 3. The number of rotatable bonds is 4. The predicted molar refractivity (Wildman–Crippen MR) is 82.5 cm³/mol. The van der Waals surface area contributed by atoms with Crippen LogP contribution in [0.1, 0.15) is 55.9 Å². The number of benzene rings is 1. The van der Waals surface area contributed by atoms with E-state index in [1.54, 1.807) is 24.3 Å². The zero-order chi connectivity index (χ0) is 15.8. The molecule has 0 fully saturated rings. The Labute approximate surface area is 126 Å². The third kappa shape index (κ3) is 3.75. The molecule has 0 bridgehead atoms. The number of esters is 1. The second-order valence-corrected chi connectivity index (χ2v) is 9.50. The minimum absolute atomic E-state index is 0.0901. The number of fused-ring (bicyclic) bond motifs is 1. The summed E-state index contributed by atoms with van der Waals surface area (Å²) >= 11 is 0. The molecule has 116 valence electrons. The van der Waals surface area contributed by atoms with Crippen LogP contribution in [0.25, 0.3) is 0 Å². The van der Waals surface area contributed by atoms with Gasteiger partial charge in [0, 0.05) is 11.7 Å². The Bertz CT molecular complexity index is 588. The molecule has 0 aliphatic carbocycles. The van der Waals surface area contributed by atoms with Crippen molar-refractivity contribution in [2.24, 2.45) is 11.3 Å². The quantitative estimate of drug-likeness (QED) is 0.668. The number of cyclic esters (lactones) is 1. The van der Waals surface area contributed by atoms with E-state index in [-0.39, 0.29) is 17.5 Å². The van der Waals surface area contributed by atoms with E-state index in [2.05, 4.69) is 20.8 Å². The average molecular weight is 310 g/mol. The molecular formula is C16H23O4P. The summed E-state index contributed by atoms with van der Waals surface area (Å²) in [6, 6.07) is 6.82. The van der Waals surface area contributed by atoms with E-state index in [0.29, 0.717) is 11.1 Å². The van der Waals surface area contributed by atoms with Gasteiger partial charge in [0.2, 0.25) is 13.2 Å². The van der Waals surface area contributed by atoms with Gasteiger partial charge >= 0.3 is 5.97 Å². The van der Waals surface area contributed by atoms with Gasteiger partial charge < -0.3 is 9.63 Å². The molecule has 2 rings (SSSR count). The summed E-state index contributed by atoms with van der Waals surface area (Å²) < 4.78 is 17.9. The maximum absolute atomic E-state index is 12.7. The zero-order valence-corrected chi connectivity index (χ0v) is 13.9. The molecule has 1 aliphatic heterocycles. The molecule has 1 aliphatic rings. The van der Waals surface area contributed by atoms with Crippen LogP contribution in [0.4, 0.5) is 0 Å². The van der Waals surface area contributed by atoms with Crippen LogP contribution in [0, 0.1) is 11.3 Å². The van der Waals surface area contributed by atoms with Crippen LogP contribution < -0.4 is 0 Å². The minimum atomic E-state index is -3.60. The van der Waals surface area contributed by atoms with Crippen molar-refractivity contribution in [2.45, 2.75) is 40.0 Å². The van der Waals surface area contributed by atoms with Gasteiger partial charge in [-0.2, -0.15) is 0 Å². The standard InChI is InChI=1S/C16H23O4P/c1-11(9-16(2,3)4)10-21(18,19)15-13-8-6-5-7-12(13)14(17)20-15/h5-8,11,15H,9-10H2,1-4H3,(H,18,19). The maximum atomic E-state index is 12.7. The summed E-state index contributed by atoms with van der Waals surface area (Å²) in [5, 5.41) is 0. The van der Waals surface area contributed by atoms with Gasteiger partial charge in [0.15, 0.2) is 0 Å². The highest BCUT2D eigenvalue weighted by Gasteiger charge is 2.43. The first-order chi connectivity index (χ1) is 9.60. The number of carbonyl (C=O) groups is 1. The van der Waals surface area contributed by atoms with E-state index in [4.69, 9.17) is 4.74 Å². The normalized spacial score (nSPS) is 22.3. The molecule has 4 nitrogen and oxygen atoms in total. The lowest BCUT2D eigenvalue weighted by molar-refractivity contribution is 0.0490. The Balaban J connectivity index is 2.18. The Kier molecular flexibility index (Phi) is 4.32. The predicted octanol–water partition coefficient (Wildman–Crippen LogP) is 4.20. The number of ether oxygens (including phenoxy) is 1. The molecule has 21 heavy (non-hydrogen) atoms. The van der Waals surface area contributed by atoms with Crippen molar-refractivity contribution in [3.05, 3.63) is 35.4 Å². The van der Waals surface area contributed by atoms with E-state index in [1.165, 1.54) is 0 Å². The van der Waals surface area contributed by atoms with Gasteiger partial charge in [-0.3, -0.25) is 4.57 Å². The van der Waals surface area contributed by atoms with Crippen LogP contribution in [0.15, 0.2) is 24.3 Å². The topological polar surface area (TPSA) is 63.6 Å². The van der Waals surface area contributed by atoms with Crippen LogP contribution in [-0.2, 0) is 9.30 Å². The van der Waals surface area contributed by atoms with Gasteiger partial charge in [-0.05, 0) is 23.8 Å². The molecule has 1 N–H and O–H groups in total. The molecule has 0 amide bonds. The van der Waals surface area contributed by atoms with E-state index in [0.717, 1.165) is 6.42 Å². The molecule has 3 atom stereocenters. The molecule has 0 aromatic heterocycles. The molecule has 1 heterocycles. The fraction of sp³-hybridized carbons (Fsp3) is 0.562. The van der Waals surface area contributed by atoms with Crippen molar-refractivity contribution in [1.82, 2.24) is 0 Å².